The number of nitrogens with two attached hydrogens (primary N) is 1. The van der Waals surface area contributed by atoms with Crippen LogP contribution < -0.4 is 16.4 Å². The van der Waals surface area contributed by atoms with Gasteiger partial charge in [-0.05, 0) is 62.2 Å². The van der Waals surface area contributed by atoms with Crippen molar-refractivity contribution < 1.29 is 9.59 Å². The van der Waals surface area contributed by atoms with Crippen LogP contribution in [0.1, 0.15) is 66.3 Å². The number of carbonyl (C=O) groups is 2. The lowest BCUT2D eigenvalue weighted by atomic mass is 9.82. The molecule has 1 aliphatic rings. The van der Waals surface area contributed by atoms with Gasteiger partial charge in [0.2, 0.25) is 5.91 Å². The van der Waals surface area contributed by atoms with E-state index in [-0.39, 0.29) is 29.6 Å². The number of thiazole rings is 1. The van der Waals surface area contributed by atoms with Gasteiger partial charge >= 0.3 is 0 Å². The summed E-state index contributed by atoms with van der Waals surface area (Å²) in [4.78, 5) is 28.9. The maximum Gasteiger partial charge on any atom is 0.243 e. The van der Waals surface area contributed by atoms with Crippen LogP contribution in [0, 0.1) is 17.2 Å². The van der Waals surface area contributed by atoms with Crippen LogP contribution in [-0.2, 0) is 18.3 Å². The Balaban J connectivity index is 0.000000284. The number of aryl methyl sites for hydroxylation is 2. The molecule has 1 aromatic carbocycles. The Morgan fingerprint density at radius 2 is 2.10 bits per heavy atom. The van der Waals surface area contributed by atoms with Gasteiger partial charge in [0, 0.05) is 54.4 Å². The van der Waals surface area contributed by atoms with Crippen molar-refractivity contribution in [1.82, 2.24) is 20.2 Å². The van der Waals surface area contributed by atoms with Gasteiger partial charge in [0.15, 0.2) is 5.78 Å². The first-order valence-electron chi connectivity index (χ1n) is 13.2. The van der Waals surface area contributed by atoms with Crippen molar-refractivity contribution in [3.8, 4) is 0 Å². The molecule has 8 nitrogen and oxygen atoms in total. The quantitative estimate of drug-likeness (QED) is 0.215. The predicted octanol–water partition coefficient (Wildman–Crippen LogP) is 5.66. The number of carbonyl (C=O) groups excluding carboxylic acids is 2. The van der Waals surface area contributed by atoms with E-state index in [0.717, 1.165) is 29.3 Å². The molecular weight excluding hydrogens is 532 g/mol. The molecule has 2 aromatic heterocycles. The van der Waals surface area contributed by atoms with Gasteiger partial charge in [0.1, 0.15) is 11.0 Å². The van der Waals surface area contributed by atoms with E-state index < -0.39 is 6.04 Å². The third-order valence-corrected chi connectivity index (χ3v) is 8.21. The molecule has 1 fully saturated rings. The number of amides is 1. The highest BCUT2D eigenvalue weighted by molar-refractivity contribution is 7.13. The summed E-state index contributed by atoms with van der Waals surface area (Å²) in [5.74, 6) is -0.187. The molecule has 0 aliphatic carbocycles. The molecule has 3 heterocycles. The second-order valence-electron chi connectivity index (χ2n) is 9.50. The number of halogens is 1. The van der Waals surface area contributed by atoms with Crippen LogP contribution >= 0.6 is 22.9 Å². The molecule has 212 valence electrons. The molecule has 1 aliphatic heterocycles. The summed E-state index contributed by atoms with van der Waals surface area (Å²) in [7, 11) is 3.58. The zero-order valence-electron chi connectivity index (χ0n) is 23.5. The summed E-state index contributed by atoms with van der Waals surface area (Å²) in [6, 6.07) is 5.36. The second kappa shape index (κ2) is 15.5. The molecule has 0 saturated carbocycles. The molecule has 0 spiro atoms. The van der Waals surface area contributed by atoms with E-state index in [1.54, 1.807) is 6.20 Å². The number of Topliss-reactive ketones (excluding diaryl/α,β-unsaturated/α-hetero) is 1. The van der Waals surface area contributed by atoms with Gasteiger partial charge in [-0.2, -0.15) is 0 Å². The normalized spacial score (nSPS) is 20.7. The highest BCUT2D eigenvalue weighted by Gasteiger charge is 2.35. The first-order chi connectivity index (χ1) is 18.7. The molecule has 0 bridgehead atoms. The number of fused-ring (bicyclic) bond motifs is 1. The van der Waals surface area contributed by atoms with Gasteiger partial charge in [0.05, 0.1) is 10.9 Å². The van der Waals surface area contributed by atoms with Crippen molar-refractivity contribution in [1.29, 1.82) is 5.41 Å². The summed E-state index contributed by atoms with van der Waals surface area (Å²) in [6.07, 6.45) is 10.5. The van der Waals surface area contributed by atoms with Gasteiger partial charge in [0.25, 0.3) is 0 Å². The van der Waals surface area contributed by atoms with Crippen LogP contribution in [0.3, 0.4) is 0 Å². The van der Waals surface area contributed by atoms with Crippen LogP contribution in [0.4, 0.5) is 0 Å². The third-order valence-electron chi connectivity index (χ3n) is 6.76. The van der Waals surface area contributed by atoms with E-state index in [4.69, 9.17) is 17.0 Å². The fraction of sp³-hybridized carbons (Fsp3) is 0.448. The third kappa shape index (κ3) is 8.24. The van der Waals surface area contributed by atoms with Gasteiger partial charge in [-0.3, -0.25) is 9.59 Å². The fourth-order valence-electron chi connectivity index (χ4n) is 4.74. The molecule has 1 amide bonds. The zero-order chi connectivity index (χ0) is 29.1. The molecule has 4 atom stereocenters. The molecule has 39 heavy (non-hydrogen) atoms. The minimum atomic E-state index is -0.518. The highest BCUT2D eigenvalue weighted by Crippen LogP contribution is 2.31. The number of aromatic nitrogens is 2. The summed E-state index contributed by atoms with van der Waals surface area (Å²) in [5, 5.41) is 16.4. The summed E-state index contributed by atoms with van der Waals surface area (Å²) >= 11 is 7.32. The minimum absolute atomic E-state index is 0.0191. The van der Waals surface area contributed by atoms with Gasteiger partial charge in [-0.15, -0.1) is 11.3 Å². The average molecular weight is 573 g/mol. The lowest BCUT2D eigenvalue weighted by molar-refractivity contribution is -0.125. The average Bonchev–Trinajstić information content (AvgIpc) is 3.53. The Morgan fingerprint density at radius 1 is 1.38 bits per heavy atom. The van der Waals surface area contributed by atoms with Crippen molar-refractivity contribution in [3.05, 3.63) is 63.8 Å². The molecule has 3 aromatic rings. The smallest absolute Gasteiger partial charge is 0.243 e. The number of hydrogen-bond acceptors (Lipinski definition) is 7. The Labute approximate surface area is 240 Å². The van der Waals surface area contributed by atoms with E-state index in [1.807, 2.05) is 13.0 Å². The van der Waals surface area contributed by atoms with Crippen molar-refractivity contribution in [2.45, 2.75) is 58.5 Å². The largest absolute Gasteiger partial charge is 0.380 e. The standard InChI is InChI=1S/C16H22N4O2S.C12H14ClN.CH5N/c1-4-18-14-11(7-17)9(2)5-6-12(20-15(14)22)16-19-8-13(23-16)10(3)21;1-3-4-9-8-14(2)12-6-5-10(13)7-11(9)12;1-2/h4,7-9,11-12,14,17-18H,1,5-6H2,2-3H3,(H,20,22);5-8H,3-4H2,1-2H3;2H2,1H3. The summed E-state index contributed by atoms with van der Waals surface area (Å²) < 4.78 is 2.16. The van der Waals surface area contributed by atoms with E-state index in [0.29, 0.717) is 4.88 Å². The number of benzene rings is 1. The monoisotopic (exact) mass is 572 g/mol. The minimum Gasteiger partial charge on any atom is -0.380 e. The SMILES string of the molecule is C=CNC1C(=O)NC(c2ncc(C(C)=O)s2)CCC(C)C1C=N.CCCc1cn(C)c2ccc(Cl)cc12.CN. The maximum atomic E-state index is 12.6. The molecule has 5 N–H and O–H groups in total. The maximum absolute atomic E-state index is 12.6. The van der Waals surface area contributed by atoms with Crippen LogP contribution in [0.15, 0.2) is 43.4 Å². The summed E-state index contributed by atoms with van der Waals surface area (Å²) in [6.45, 7) is 9.38. The Hall–Kier alpha value is -3.01. The number of hydrogen-bond donors (Lipinski definition) is 4. The molecule has 4 rings (SSSR count). The van der Waals surface area contributed by atoms with Crippen molar-refractivity contribution in [3.63, 3.8) is 0 Å². The Kier molecular flexibility index (Phi) is 12.8. The topological polar surface area (TPSA) is 126 Å². The predicted molar refractivity (Wildman–Crippen MR) is 163 cm³/mol. The molecule has 4 unspecified atom stereocenters. The molecule has 0 radical (unpaired) electrons. The van der Waals surface area contributed by atoms with Crippen molar-refractivity contribution in [2.75, 3.05) is 7.05 Å². The zero-order valence-corrected chi connectivity index (χ0v) is 25.0. The number of ketones is 1. The van der Waals surface area contributed by atoms with Crippen molar-refractivity contribution >= 4 is 51.7 Å². The summed E-state index contributed by atoms with van der Waals surface area (Å²) in [5.41, 5.74) is 7.16. The van der Waals surface area contributed by atoms with Crippen LogP contribution in [-0.4, -0.2) is 40.5 Å². The molecular formula is C29H41ClN6O2S. The number of nitrogens with zero attached hydrogens (tertiary/aromatic N) is 2. The van der Waals surface area contributed by atoms with Crippen molar-refractivity contribution in [2.24, 2.45) is 24.6 Å². The van der Waals surface area contributed by atoms with E-state index >= 15 is 0 Å². The van der Waals surface area contributed by atoms with Gasteiger partial charge < -0.3 is 26.3 Å². The molecule has 1 saturated heterocycles. The van der Waals surface area contributed by atoms with E-state index in [2.05, 4.69) is 64.8 Å². The highest BCUT2D eigenvalue weighted by atomic mass is 35.5. The Bertz CT molecular complexity index is 1270. The van der Waals surface area contributed by atoms with Gasteiger partial charge in [-0.1, -0.05) is 38.4 Å². The van der Waals surface area contributed by atoms with E-state index in [9.17, 15) is 9.59 Å². The van der Waals surface area contributed by atoms with Gasteiger partial charge in [-0.25, -0.2) is 4.98 Å². The first-order valence-corrected chi connectivity index (χ1v) is 14.3. The fourth-order valence-corrected chi connectivity index (χ4v) is 5.82. The number of nitrogens with one attached hydrogen (secondary N) is 3. The van der Waals surface area contributed by atoms with Crippen LogP contribution in [0.25, 0.3) is 10.9 Å². The molecule has 10 heteroatoms. The van der Waals surface area contributed by atoms with Crippen LogP contribution in [0.2, 0.25) is 5.02 Å². The second-order valence-corrected chi connectivity index (χ2v) is 11.0. The Morgan fingerprint density at radius 3 is 2.69 bits per heavy atom. The van der Waals surface area contributed by atoms with Crippen LogP contribution in [0.5, 0.6) is 0 Å². The number of rotatable bonds is 7. The lowest BCUT2D eigenvalue weighted by Crippen LogP contribution is -2.51. The lowest BCUT2D eigenvalue weighted by Gasteiger charge is -2.33. The first kappa shape index (κ1) is 32.2. The van der Waals surface area contributed by atoms with E-state index in [1.165, 1.54) is 60.6 Å².